The predicted molar refractivity (Wildman–Crippen MR) is 79.9 cm³/mol. The van der Waals surface area contributed by atoms with E-state index in [1.54, 1.807) is 0 Å². The monoisotopic (exact) mass is 338 g/mol. The first-order valence-corrected chi connectivity index (χ1v) is 6.80. The molecule has 118 valence electrons. The number of amides is 1. The molecule has 2 aromatic rings. The van der Waals surface area contributed by atoms with Crippen LogP contribution in [0.3, 0.4) is 0 Å². The van der Waals surface area contributed by atoms with Gasteiger partial charge in [0.1, 0.15) is 5.15 Å². The van der Waals surface area contributed by atoms with Crippen molar-refractivity contribution in [3.63, 3.8) is 0 Å². The number of aromatic nitrogens is 1. The number of pyridine rings is 1. The van der Waals surface area contributed by atoms with E-state index >= 15 is 0 Å². The lowest BCUT2D eigenvalue weighted by Gasteiger charge is -2.05. The van der Waals surface area contributed by atoms with Crippen molar-refractivity contribution in [3.05, 3.63) is 64.4 Å². The number of nitrogens with one attached hydrogen (secondary N) is 1. The molecular weight excluding hydrogens is 329 g/mol. The highest BCUT2D eigenvalue weighted by Gasteiger charge is 2.30. The van der Waals surface area contributed by atoms with Crippen LogP contribution < -0.4 is 5.32 Å². The Bertz CT molecular complexity index is 779. The normalized spacial score (nSPS) is 10.6. The minimum atomic E-state index is -4.41. The second-order valence-electron chi connectivity index (χ2n) is 4.43. The van der Waals surface area contributed by atoms with Crippen molar-refractivity contribution in [2.45, 2.75) is 6.18 Å². The lowest BCUT2D eigenvalue weighted by atomic mass is 10.1. The highest BCUT2D eigenvalue weighted by molar-refractivity contribution is 6.29. The SMILES string of the molecule is O=C(NCC#Cc1cccc(C(F)(F)F)c1)c1ccnc(Cl)c1. The molecule has 23 heavy (non-hydrogen) atoms. The van der Waals surface area contributed by atoms with E-state index in [4.69, 9.17) is 11.6 Å². The third-order valence-corrected chi connectivity index (χ3v) is 2.96. The Morgan fingerprint density at radius 2 is 2.04 bits per heavy atom. The van der Waals surface area contributed by atoms with E-state index < -0.39 is 17.6 Å². The molecule has 0 aliphatic heterocycles. The van der Waals surface area contributed by atoms with Crippen molar-refractivity contribution in [1.29, 1.82) is 0 Å². The van der Waals surface area contributed by atoms with Crippen molar-refractivity contribution in [1.82, 2.24) is 10.3 Å². The number of benzene rings is 1. The summed E-state index contributed by atoms with van der Waals surface area (Å²) in [5.74, 6) is 4.77. The van der Waals surface area contributed by atoms with Crippen LogP contribution in [-0.2, 0) is 6.18 Å². The molecule has 1 aromatic heterocycles. The second-order valence-corrected chi connectivity index (χ2v) is 4.82. The number of hydrogen-bond donors (Lipinski definition) is 1. The summed E-state index contributed by atoms with van der Waals surface area (Å²) in [6.45, 7) is -0.00494. The molecule has 0 spiro atoms. The number of nitrogens with zero attached hydrogens (tertiary/aromatic N) is 1. The number of rotatable bonds is 2. The van der Waals surface area contributed by atoms with Gasteiger partial charge in [0.05, 0.1) is 12.1 Å². The van der Waals surface area contributed by atoms with E-state index in [0.29, 0.717) is 5.56 Å². The van der Waals surface area contributed by atoms with Gasteiger partial charge in [0.2, 0.25) is 0 Å². The van der Waals surface area contributed by atoms with Gasteiger partial charge in [-0.25, -0.2) is 4.98 Å². The lowest BCUT2D eigenvalue weighted by Crippen LogP contribution is -2.23. The summed E-state index contributed by atoms with van der Waals surface area (Å²) in [4.78, 5) is 15.5. The maximum Gasteiger partial charge on any atom is 0.416 e. The van der Waals surface area contributed by atoms with Crippen molar-refractivity contribution in [2.24, 2.45) is 0 Å². The molecule has 1 amide bonds. The number of carbonyl (C=O) groups is 1. The fraction of sp³-hybridized carbons (Fsp3) is 0.125. The minimum Gasteiger partial charge on any atom is -0.341 e. The number of halogens is 4. The minimum absolute atomic E-state index is 0.00494. The van der Waals surface area contributed by atoms with Crippen molar-refractivity contribution in [3.8, 4) is 11.8 Å². The summed E-state index contributed by atoms with van der Waals surface area (Å²) in [6, 6.07) is 7.56. The van der Waals surface area contributed by atoms with Crippen LogP contribution in [0, 0.1) is 11.8 Å². The summed E-state index contributed by atoms with van der Waals surface area (Å²) in [7, 11) is 0. The molecule has 0 atom stereocenters. The summed E-state index contributed by atoms with van der Waals surface area (Å²) in [5.41, 5.74) is -0.216. The Hall–Kier alpha value is -2.52. The Kier molecular flexibility index (Phi) is 5.24. The first-order valence-electron chi connectivity index (χ1n) is 6.42. The molecule has 0 aliphatic rings. The smallest absolute Gasteiger partial charge is 0.341 e. The van der Waals surface area contributed by atoms with Gasteiger partial charge in [0, 0.05) is 17.3 Å². The summed E-state index contributed by atoms with van der Waals surface area (Å²) in [5, 5.41) is 2.71. The number of alkyl halides is 3. The molecule has 7 heteroatoms. The van der Waals surface area contributed by atoms with Gasteiger partial charge in [-0.1, -0.05) is 29.5 Å². The second kappa shape index (κ2) is 7.16. The number of carbonyl (C=O) groups excluding carboxylic acids is 1. The molecule has 0 bridgehead atoms. The van der Waals surface area contributed by atoms with Gasteiger partial charge in [-0.15, -0.1) is 0 Å². The molecular formula is C16H10ClF3N2O. The van der Waals surface area contributed by atoms with E-state index in [2.05, 4.69) is 22.1 Å². The van der Waals surface area contributed by atoms with Gasteiger partial charge in [-0.3, -0.25) is 4.79 Å². The van der Waals surface area contributed by atoms with E-state index in [-0.39, 0.29) is 17.3 Å². The fourth-order valence-corrected chi connectivity index (χ4v) is 1.86. The average molecular weight is 339 g/mol. The van der Waals surface area contributed by atoms with Crippen molar-refractivity contribution < 1.29 is 18.0 Å². The molecule has 0 aliphatic carbocycles. The van der Waals surface area contributed by atoms with Gasteiger partial charge in [0.15, 0.2) is 0 Å². The topological polar surface area (TPSA) is 42.0 Å². The Labute approximate surface area is 135 Å². The predicted octanol–water partition coefficient (Wildman–Crippen LogP) is 3.54. The van der Waals surface area contributed by atoms with Gasteiger partial charge < -0.3 is 5.32 Å². The summed E-state index contributed by atoms with van der Waals surface area (Å²) >= 11 is 5.67. The van der Waals surface area contributed by atoms with Gasteiger partial charge in [-0.05, 0) is 30.3 Å². The molecule has 0 unspecified atom stereocenters. The zero-order valence-electron chi connectivity index (χ0n) is 11.6. The maximum absolute atomic E-state index is 12.6. The molecule has 0 saturated carbocycles. The molecule has 1 aromatic carbocycles. The van der Waals surface area contributed by atoms with Crippen molar-refractivity contribution >= 4 is 17.5 Å². The van der Waals surface area contributed by atoms with Crippen LogP contribution in [0.5, 0.6) is 0 Å². The van der Waals surface area contributed by atoms with Crippen LogP contribution in [0.1, 0.15) is 21.5 Å². The van der Waals surface area contributed by atoms with E-state index in [0.717, 1.165) is 12.1 Å². The van der Waals surface area contributed by atoms with Crippen LogP contribution in [-0.4, -0.2) is 17.4 Å². The number of hydrogen-bond acceptors (Lipinski definition) is 2. The van der Waals surface area contributed by atoms with Gasteiger partial charge >= 0.3 is 6.18 Å². The summed E-state index contributed by atoms with van der Waals surface area (Å²) in [6.07, 6.45) is -3.02. The van der Waals surface area contributed by atoms with Crippen LogP contribution in [0.2, 0.25) is 5.15 Å². The largest absolute Gasteiger partial charge is 0.416 e. The molecule has 0 radical (unpaired) electrons. The van der Waals surface area contributed by atoms with E-state index in [1.165, 1.54) is 30.5 Å². The maximum atomic E-state index is 12.6. The quantitative estimate of drug-likeness (QED) is 0.672. The third kappa shape index (κ3) is 5.01. The first kappa shape index (κ1) is 16.8. The van der Waals surface area contributed by atoms with Crippen LogP contribution in [0.15, 0.2) is 42.6 Å². The Morgan fingerprint density at radius 3 is 2.74 bits per heavy atom. The summed E-state index contributed by atoms with van der Waals surface area (Å²) < 4.78 is 37.7. The van der Waals surface area contributed by atoms with Crippen molar-refractivity contribution in [2.75, 3.05) is 6.54 Å². The zero-order valence-corrected chi connectivity index (χ0v) is 12.4. The zero-order chi connectivity index (χ0) is 16.9. The van der Waals surface area contributed by atoms with E-state index in [1.807, 2.05) is 0 Å². The van der Waals surface area contributed by atoms with Crippen LogP contribution >= 0.6 is 11.6 Å². The van der Waals surface area contributed by atoms with Gasteiger partial charge in [0.25, 0.3) is 5.91 Å². The van der Waals surface area contributed by atoms with E-state index in [9.17, 15) is 18.0 Å². The first-order chi connectivity index (χ1) is 10.9. The molecule has 2 rings (SSSR count). The highest BCUT2D eigenvalue weighted by atomic mass is 35.5. The fourth-order valence-electron chi connectivity index (χ4n) is 1.69. The standard InChI is InChI=1S/C16H10ClF3N2O/c17-14-10-12(6-8-21-14)15(23)22-7-2-4-11-3-1-5-13(9-11)16(18,19)20/h1,3,5-6,8-10H,7H2,(H,22,23). The lowest BCUT2D eigenvalue weighted by molar-refractivity contribution is -0.137. The van der Waals surface area contributed by atoms with Crippen LogP contribution in [0.4, 0.5) is 13.2 Å². The molecule has 1 N–H and O–H groups in total. The Balaban J connectivity index is 1.97. The average Bonchev–Trinajstić information content (AvgIpc) is 2.51. The molecule has 0 saturated heterocycles. The van der Waals surface area contributed by atoms with Gasteiger partial charge in [-0.2, -0.15) is 13.2 Å². The Morgan fingerprint density at radius 1 is 1.26 bits per heavy atom. The molecule has 0 fully saturated rings. The highest BCUT2D eigenvalue weighted by Crippen LogP contribution is 2.29. The molecule has 3 nitrogen and oxygen atoms in total. The third-order valence-electron chi connectivity index (χ3n) is 2.75. The molecule has 1 heterocycles. The van der Waals surface area contributed by atoms with Crippen LogP contribution in [0.25, 0.3) is 0 Å².